The molecular formula is C45H86NO8P. The van der Waals surface area contributed by atoms with Crippen LogP contribution in [0.5, 0.6) is 0 Å². The van der Waals surface area contributed by atoms with Crippen molar-refractivity contribution < 1.29 is 37.9 Å². The number of nitrogens with one attached hydrogen (secondary N) is 1. The number of esters is 1. The maximum Gasteiger partial charge on any atom is 0.472 e. The highest BCUT2D eigenvalue weighted by Gasteiger charge is 2.23. The predicted octanol–water partition coefficient (Wildman–Crippen LogP) is 12.8. The van der Waals surface area contributed by atoms with Gasteiger partial charge in [0.2, 0.25) is 5.91 Å². The van der Waals surface area contributed by atoms with Crippen LogP contribution in [0.4, 0.5) is 0 Å². The molecule has 0 saturated carbocycles. The van der Waals surface area contributed by atoms with Crippen molar-refractivity contribution in [1.82, 2.24) is 5.32 Å². The molecule has 10 heteroatoms. The van der Waals surface area contributed by atoms with Gasteiger partial charge in [-0.3, -0.25) is 18.6 Å². The average Bonchev–Trinajstić information content (AvgIpc) is 3.17. The maximum absolute atomic E-state index is 12.1. The van der Waals surface area contributed by atoms with Crippen molar-refractivity contribution in [3.05, 3.63) is 24.3 Å². The zero-order valence-electron chi connectivity index (χ0n) is 35.6. The molecule has 0 fully saturated rings. The molecule has 0 radical (unpaired) electrons. The van der Waals surface area contributed by atoms with Gasteiger partial charge in [-0.2, -0.15) is 0 Å². The highest BCUT2D eigenvalue weighted by Crippen LogP contribution is 2.42. The van der Waals surface area contributed by atoms with Crippen LogP contribution < -0.4 is 5.32 Å². The first-order valence-corrected chi connectivity index (χ1v) is 24.3. The van der Waals surface area contributed by atoms with Crippen molar-refractivity contribution >= 4 is 19.7 Å². The number of phosphoric ester groups is 1. The lowest BCUT2D eigenvalue weighted by Crippen LogP contribution is -2.27. The lowest BCUT2D eigenvalue weighted by atomic mass is 10.1. The minimum atomic E-state index is -4.42. The third kappa shape index (κ3) is 43.5. The zero-order valence-corrected chi connectivity index (χ0v) is 36.5. The summed E-state index contributed by atoms with van der Waals surface area (Å²) in [5.41, 5.74) is 0. The molecule has 0 aromatic heterocycles. The molecule has 0 aromatic rings. The Labute approximate surface area is 338 Å². The van der Waals surface area contributed by atoms with Gasteiger partial charge in [0.05, 0.1) is 13.2 Å². The lowest BCUT2D eigenvalue weighted by Gasteiger charge is -2.15. The number of carbonyl (C=O) groups excluding carboxylic acids is 2. The monoisotopic (exact) mass is 800 g/mol. The SMILES string of the molecule is CCCCCCCC/C=C\CCCCCCCC(=O)OCC(O)COP(=O)(O)OCCNC(=O)CCCCCCCCCCC/C=C/CCCCCCCC. The van der Waals surface area contributed by atoms with Crippen molar-refractivity contribution in [1.29, 1.82) is 0 Å². The number of hydrogen-bond donors (Lipinski definition) is 3. The minimum absolute atomic E-state index is 0.0815. The van der Waals surface area contributed by atoms with Crippen LogP contribution in [-0.4, -0.2) is 54.3 Å². The van der Waals surface area contributed by atoms with Crippen LogP contribution in [0.3, 0.4) is 0 Å². The van der Waals surface area contributed by atoms with Crippen LogP contribution in [0.2, 0.25) is 0 Å². The molecule has 9 nitrogen and oxygen atoms in total. The van der Waals surface area contributed by atoms with E-state index >= 15 is 0 Å². The summed E-state index contributed by atoms with van der Waals surface area (Å²) < 4.78 is 26.9. The summed E-state index contributed by atoms with van der Waals surface area (Å²) >= 11 is 0. The number of amides is 1. The van der Waals surface area contributed by atoms with Crippen molar-refractivity contribution in [3.8, 4) is 0 Å². The average molecular weight is 800 g/mol. The number of phosphoric acid groups is 1. The van der Waals surface area contributed by atoms with E-state index in [9.17, 15) is 24.2 Å². The second kappa shape index (κ2) is 42.1. The van der Waals surface area contributed by atoms with Gasteiger partial charge < -0.3 is 20.1 Å². The Morgan fingerprint density at radius 2 is 0.927 bits per heavy atom. The van der Waals surface area contributed by atoms with Gasteiger partial charge in [-0.15, -0.1) is 0 Å². The summed E-state index contributed by atoms with van der Waals surface area (Å²) in [5, 5.41) is 12.7. The zero-order chi connectivity index (χ0) is 40.3. The molecule has 3 N–H and O–H groups in total. The molecular weight excluding hydrogens is 713 g/mol. The van der Waals surface area contributed by atoms with Gasteiger partial charge in [-0.1, -0.05) is 167 Å². The number of carbonyl (C=O) groups is 2. The van der Waals surface area contributed by atoms with Gasteiger partial charge in [-0.25, -0.2) is 4.57 Å². The molecule has 0 aliphatic carbocycles. The number of hydrogen-bond acceptors (Lipinski definition) is 7. The van der Waals surface area contributed by atoms with Gasteiger partial charge in [-0.05, 0) is 64.2 Å². The number of aliphatic hydroxyl groups excluding tert-OH is 1. The summed E-state index contributed by atoms with van der Waals surface area (Å²) in [7, 11) is -4.42. The Hall–Kier alpha value is -1.51. The Morgan fingerprint density at radius 1 is 0.545 bits per heavy atom. The highest BCUT2D eigenvalue weighted by atomic mass is 31.2. The molecule has 0 rings (SSSR count). The van der Waals surface area contributed by atoms with Crippen LogP contribution in [0, 0.1) is 0 Å². The van der Waals surface area contributed by atoms with E-state index in [1.165, 1.54) is 135 Å². The first-order chi connectivity index (χ1) is 26.8. The highest BCUT2D eigenvalue weighted by molar-refractivity contribution is 7.47. The molecule has 0 spiro atoms. The van der Waals surface area contributed by atoms with E-state index in [4.69, 9.17) is 13.8 Å². The van der Waals surface area contributed by atoms with Crippen molar-refractivity contribution in [2.24, 2.45) is 0 Å². The van der Waals surface area contributed by atoms with E-state index < -0.39 is 26.5 Å². The first-order valence-electron chi connectivity index (χ1n) is 22.8. The minimum Gasteiger partial charge on any atom is -0.463 e. The summed E-state index contributed by atoms with van der Waals surface area (Å²) in [6.07, 6.45) is 45.3. The molecule has 1 amide bonds. The summed E-state index contributed by atoms with van der Waals surface area (Å²) in [6.45, 7) is 3.55. The van der Waals surface area contributed by atoms with E-state index in [0.717, 1.165) is 57.8 Å². The van der Waals surface area contributed by atoms with Gasteiger partial charge >= 0.3 is 13.8 Å². The molecule has 0 aromatic carbocycles. The van der Waals surface area contributed by atoms with Gasteiger partial charge in [0.1, 0.15) is 12.7 Å². The van der Waals surface area contributed by atoms with E-state index in [1.54, 1.807) is 0 Å². The number of ether oxygens (including phenoxy) is 1. The van der Waals surface area contributed by atoms with Crippen LogP contribution in [0.15, 0.2) is 24.3 Å². The Bertz CT molecular complexity index is 959. The predicted molar refractivity (Wildman–Crippen MR) is 229 cm³/mol. The molecule has 0 heterocycles. The fraction of sp³-hybridized carbons (Fsp3) is 0.867. The third-order valence-electron chi connectivity index (χ3n) is 9.85. The summed E-state index contributed by atoms with van der Waals surface area (Å²) in [4.78, 5) is 33.9. The number of unbranched alkanes of at least 4 members (excludes halogenated alkanes) is 26. The van der Waals surface area contributed by atoms with E-state index in [2.05, 4.69) is 43.5 Å². The molecule has 0 aliphatic heterocycles. The second-order valence-corrected chi connectivity index (χ2v) is 16.8. The molecule has 324 valence electrons. The van der Waals surface area contributed by atoms with E-state index in [-0.39, 0.29) is 32.1 Å². The fourth-order valence-electron chi connectivity index (χ4n) is 6.37. The third-order valence-corrected chi connectivity index (χ3v) is 10.8. The van der Waals surface area contributed by atoms with E-state index in [0.29, 0.717) is 6.42 Å². The molecule has 0 bridgehead atoms. The second-order valence-electron chi connectivity index (χ2n) is 15.4. The van der Waals surface area contributed by atoms with Crippen molar-refractivity contribution in [3.63, 3.8) is 0 Å². The van der Waals surface area contributed by atoms with Crippen LogP contribution in [0.1, 0.15) is 219 Å². The molecule has 0 aliphatic rings. The molecule has 55 heavy (non-hydrogen) atoms. The number of allylic oxidation sites excluding steroid dienone is 4. The lowest BCUT2D eigenvalue weighted by molar-refractivity contribution is -0.147. The van der Waals surface area contributed by atoms with Gasteiger partial charge in [0, 0.05) is 19.4 Å². The smallest absolute Gasteiger partial charge is 0.463 e. The van der Waals surface area contributed by atoms with Crippen LogP contribution in [0.25, 0.3) is 0 Å². The summed E-state index contributed by atoms with van der Waals surface area (Å²) in [5.74, 6) is -0.522. The molecule has 0 saturated heterocycles. The summed E-state index contributed by atoms with van der Waals surface area (Å²) in [6, 6.07) is 0. The van der Waals surface area contributed by atoms with Crippen molar-refractivity contribution in [2.45, 2.75) is 225 Å². The largest absolute Gasteiger partial charge is 0.472 e. The van der Waals surface area contributed by atoms with Crippen LogP contribution in [-0.2, 0) is 27.9 Å². The van der Waals surface area contributed by atoms with E-state index in [1.807, 2.05) is 0 Å². The Morgan fingerprint density at radius 3 is 1.36 bits per heavy atom. The Kier molecular flexibility index (Phi) is 40.9. The standard InChI is InChI=1S/C45H86NO8P/c1-3-5-7-9-11-13-15-17-19-20-21-22-24-25-27-29-31-33-35-37-44(48)46-39-40-53-55(50,51)54-42-43(47)41-52-45(49)38-36-34-32-30-28-26-23-18-16-14-12-10-8-6-4-2/h17-19,23,43,47H,3-16,20-22,24-42H2,1-2H3,(H,46,48)(H,50,51)/b19-17+,23-18-. The maximum atomic E-state index is 12.1. The normalized spacial score (nSPS) is 13.5. The van der Waals surface area contributed by atoms with Gasteiger partial charge in [0.15, 0.2) is 0 Å². The fourth-order valence-corrected chi connectivity index (χ4v) is 7.13. The number of rotatable bonds is 43. The molecule has 2 unspecified atom stereocenters. The van der Waals surface area contributed by atoms with Crippen molar-refractivity contribution in [2.75, 3.05) is 26.4 Å². The number of aliphatic hydroxyl groups is 1. The quantitative estimate of drug-likeness (QED) is 0.0240. The topological polar surface area (TPSA) is 131 Å². The van der Waals surface area contributed by atoms with Crippen LogP contribution >= 0.6 is 7.82 Å². The Balaban J connectivity index is 3.58. The molecule has 2 atom stereocenters. The first kappa shape index (κ1) is 53.5. The van der Waals surface area contributed by atoms with Gasteiger partial charge in [0.25, 0.3) is 0 Å².